The molecule has 1 saturated heterocycles. The van der Waals surface area contributed by atoms with E-state index in [1.807, 2.05) is 30.3 Å². The Morgan fingerprint density at radius 1 is 1.07 bits per heavy atom. The maximum Gasteiger partial charge on any atom is 0.252 e. The minimum Gasteiger partial charge on any atom is -0.352 e. The Hall–Kier alpha value is -2.87. The van der Waals surface area contributed by atoms with Crippen molar-refractivity contribution in [3.8, 4) is 0 Å². The zero-order valence-electron chi connectivity index (χ0n) is 16.6. The van der Waals surface area contributed by atoms with Crippen LogP contribution < -0.4 is 14.9 Å². The van der Waals surface area contributed by atoms with Gasteiger partial charge in [-0.05, 0) is 43.0 Å². The van der Waals surface area contributed by atoms with E-state index in [1.165, 1.54) is 4.31 Å². The molecule has 2 aromatic carbocycles. The van der Waals surface area contributed by atoms with E-state index < -0.39 is 22.0 Å². The molecule has 1 atom stereocenters. The van der Waals surface area contributed by atoms with Gasteiger partial charge in [-0.3, -0.25) is 13.9 Å². The number of anilines is 1. The first kappa shape index (κ1) is 20.4. The first-order valence-corrected chi connectivity index (χ1v) is 11.8. The number of sulfonamides is 1. The van der Waals surface area contributed by atoms with E-state index in [2.05, 4.69) is 10.6 Å². The van der Waals surface area contributed by atoms with Crippen LogP contribution in [0.15, 0.2) is 54.6 Å². The molecular weight excluding hydrogens is 402 g/mol. The number of nitrogens with zero attached hydrogens (tertiary/aromatic N) is 1. The van der Waals surface area contributed by atoms with Crippen molar-refractivity contribution in [3.05, 3.63) is 65.7 Å². The van der Waals surface area contributed by atoms with Crippen LogP contribution in [0.1, 0.15) is 35.2 Å². The number of nitrogens with one attached hydrogen (secondary N) is 2. The summed E-state index contributed by atoms with van der Waals surface area (Å²) in [7, 11) is -3.33. The Bertz CT molecular complexity index is 1040. The summed E-state index contributed by atoms with van der Waals surface area (Å²) < 4.78 is 25.7. The first-order chi connectivity index (χ1) is 14.4. The van der Waals surface area contributed by atoms with E-state index in [0.29, 0.717) is 30.6 Å². The van der Waals surface area contributed by atoms with Gasteiger partial charge < -0.3 is 10.6 Å². The molecule has 0 aromatic heterocycles. The molecule has 8 heteroatoms. The van der Waals surface area contributed by atoms with E-state index >= 15 is 0 Å². The standard InChI is InChI=1S/C22H25N3O4S/c26-21(17-8-4-9-19(15-17)25-12-5-13-30(25,28)29)24-20(22(27)23-18-10-11-18)14-16-6-2-1-3-7-16/h1-4,6-9,15,18,20H,5,10-14H2,(H,23,27)(H,24,26). The van der Waals surface area contributed by atoms with Gasteiger partial charge in [-0.1, -0.05) is 36.4 Å². The Labute approximate surface area is 176 Å². The highest BCUT2D eigenvalue weighted by Gasteiger charge is 2.30. The largest absolute Gasteiger partial charge is 0.352 e. The van der Waals surface area contributed by atoms with Crippen LogP contribution in [0, 0.1) is 0 Å². The van der Waals surface area contributed by atoms with Crippen LogP contribution >= 0.6 is 0 Å². The fraction of sp³-hybridized carbons (Fsp3) is 0.364. The minimum absolute atomic E-state index is 0.115. The molecule has 30 heavy (non-hydrogen) atoms. The van der Waals surface area contributed by atoms with Gasteiger partial charge in [0.25, 0.3) is 5.91 Å². The molecule has 158 valence electrons. The number of amides is 2. The normalized spacial score (nSPS) is 18.6. The third-order valence-electron chi connectivity index (χ3n) is 5.32. The van der Waals surface area contributed by atoms with Crippen LogP contribution in [0.3, 0.4) is 0 Å². The lowest BCUT2D eigenvalue weighted by molar-refractivity contribution is -0.123. The minimum atomic E-state index is -3.33. The van der Waals surface area contributed by atoms with Gasteiger partial charge in [0, 0.05) is 24.6 Å². The molecule has 2 amide bonds. The van der Waals surface area contributed by atoms with Crippen molar-refractivity contribution in [2.24, 2.45) is 0 Å². The third-order valence-corrected chi connectivity index (χ3v) is 7.19. The smallest absolute Gasteiger partial charge is 0.252 e. The lowest BCUT2D eigenvalue weighted by Crippen LogP contribution is -2.48. The second-order valence-corrected chi connectivity index (χ2v) is 9.80. The van der Waals surface area contributed by atoms with Gasteiger partial charge in [-0.25, -0.2) is 8.42 Å². The summed E-state index contributed by atoms with van der Waals surface area (Å²) in [5, 5.41) is 5.79. The highest BCUT2D eigenvalue weighted by atomic mass is 32.2. The van der Waals surface area contributed by atoms with Crippen molar-refractivity contribution >= 4 is 27.5 Å². The van der Waals surface area contributed by atoms with Crippen molar-refractivity contribution in [3.63, 3.8) is 0 Å². The average Bonchev–Trinajstić information content (AvgIpc) is 3.48. The molecule has 1 heterocycles. The van der Waals surface area contributed by atoms with Gasteiger partial charge in [0.1, 0.15) is 6.04 Å². The first-order valence-electron chi connectivity index (χ1n) is 10.2. The van der Waals surface area contributed by atoms with E-state index in [-0.39, 0.29) is 17.7 Å². The highest BCUT2D eigenvalue weighted by Crippen LogP contribution is 2.25. The summed E-state index contributed by atoms with van der Waals surface area (Å²) >= 11 is 0. The number of hydrogen-bond acceptors (Lipinski definition) is 4. The van der Waals surface area contributed by atoms with Crippen LogP contribution in [0.2, 0.25) is 0 Å². The van der Waals surface area contributed by atoms with Crippen LogP contribution in [-0.2, 0) is 21.2 Å². The molecule has 2 fully saturated rings. The molecule has 0 radical (unpaired) electrons. The van der Waals surface area contributed by atoms with Gasteiger partial charge in [-0.2, -0.15) is 0 Å². The highest BCUT2D eigenvalue weighted by molar-refractivity contribution is 7.93. The van der Waals surface area contributed by atoms with Gasteiger partial charge in [-0.15, -0.1) is 0 Å². The lowest BCUT2D eigenvalue weighted by atomic mass is 10.0. The Balaban J connectivity index is 1.51. The molecule has 0 spiro atoms. The summed E-state index contributed by atoms with van der Waals surface area (Å²) in [6.07, 6.45) is 2.87. The van der Waals surface area contributed by atoms with Gasteiger partial charge in [0.05, 0.1) is 11.4 Å². The van der Waals surface area contributed by atoms with E-state index in [1.54, 1.807) is 24.3 Å². The van der Waals surface area contributed by atoms with Crippen LogP contribution in [0.4, 0.5) is 5.69 Å². The molecule has 2 aromatic rings. The van der Waals surface area contributed by atoms with Crippen molar-refractivity contribution in [1.82, 2.24) is 10.6 Å². The van der Waals surface area contributed by atoms with E-state index in [9.17, 15) is 18.0 Å². The molecule has 2 aliphatic rings. The molecule has 4 rings (SSSR count). The second-order valence-electron chi connectivity index (χ2n) is 7.79. The molecule has 2 N–H and O–H groups in total. The fourth-order valence-corrected chi connectivity index (χ4v) is 5.12. The number of carbonyl (C=O) groups excluding carboxylic acids is 2. The van der Waals surface area contributed by atoms with Crippen LogP contribution in [0.5, 0.6) is 0 Å². The summed E-state index contributed by atoms with van der Waals surface area (Å²) in [4.78, 5) is 25.6. The van der Waals surface area contributed by atoms with E-state index in [0.717, 1.165) is 18.4 Å². The summed E-state index contributed by atoms with van der Waals surface area (Å²) in [6.45, 7) is 0.411. The summed E-state index contributed by atoms with van der Waals surface area (Å²) in [6, 6.07) is 15.5. The third kappa shape index (κ3) is 4.81. The van der Waals surface area contributed by atoms with E-state index in [4.69, 9.17) is 0 Å². The SMILES string of the molecule is O=C(NC(Cc1ccccc1)C(=O)NC1CC1)c1cccc(N2CCCS2(=O)=O)c1. The van der Waals surface area contributed by atoms with Gasteiger partial charge in [0.2, 0.25) is 15.9 Å². The quantitative estimate of drug-likeness (QED) is 0.705. The van der Waals surface area contributed by atoms with Crippen molar-refractivity contribution < 1.29 is 18.0 Å². The van der Waals surface area contributed by atoms with Crippen LogP contribution in [0.25, 0.3) is 0 Å². The Morgan fingerprint density at radius 2 is 1.83 bits per heavy atom. The summed E-state index contributed by atoms with van der Waals surface area (Å²) in [5.41, 5.74) is 1.75. The Morgan fingerprint density at radius 3 is 2.50 bits per heavy atom. The lowest BCUT2D eigenvalue weighted by Gasteiger charge is -2.20. The maximum atomic E-state index is 12.9. The molecule has 1 aliphatic carbocycles. The molecule has 0 bridgehead atoms. The zero-order chi connectivity index (χ0) is 21.1. The Kier molecular flexibility index (Phi) is 5.76. The van der Waals surface area contributed by atoms with Gasteiger partial charge >= 0.3 is 0 Å². The molecular formula is C22H25N3O4S. The van der Waals surface area contributed by atoms with Crippen LogP contribution in [-0.4, -0.2) is 44.6 Å². The maximum absolute atomic E-state index is 12.9. The number of rotatable bonds is 7. The number of benzene rings is 2. The molecule has 7 nitrogen and oxygen atoms in total. The fourth-order valence-electron chi connectivity index (χ4n) is 3.56. The zero-order valence-corrected chi connectivity index (χ0v) is 17.4. The molecule has 1 saturated carbocycles. The summed E-state index contributed by atoms with van der Waals surface area (Å²) in [5.74, 6) is -0.488. The second kappa shape index (κ2) is 8.47. The topological polar surface area (TPSA) is 95.6 Å². The van der Waals surface area contributed by atoms with Crippen molar-refractivity contribution in [2.75, 3.05) is 16.6 Å². The van der Waals surface area contributed by atoms with Crippen molar-refractivity contribution in [1.29, 1.82) is 0 Å². The van der Waals surface area contributed by atoms with Gasteiger partial charge in [0.15, 0.2) is 0 Å². The monoisotopic (exact) mass is 427 g/mol. The average molecular weight is 428 g/mol. The molecule has 1 unspecified atom stereocenters. The number of hydrogen-bond donors (Lipinski definition) is 2. The molecule has 1 aliphatic heterocycles. The van der Waals surface area contributed by atoms with Crippen molar-refractivity contribution in [2.45, 2.75) is 37.8 Å². The predicted octanol–water partition coefficient (Wildman–Crippen LogP) is 1.85. The predicted molar refractivity (Wildman–Crippen MR) is 115 cm³/mol. The number of carbonyl (C=O) groups is 2.